The Bertz CT molecular complexity index is 499. The van der Waals surface area contributed by atoms with Crippen LogP contribution in [0.5, 0.6) is 0 Å². The number of amides is 1. The first kappa shape index (κ1) is 15.4. The SMILES string of the molecule is CC1CCC(O)(CNC(=O)c2ccc(Br)c(F)c2)CC1. The number of aliphatic hydroxyl groups is 1. The Morgan fingerprint density at radius 2 is 2.15 bits per heavy atom. The first-order valence-corrected chi connectivity index (χ1v) is 7.64. The van der Waals surface area contributed by atoms with Gasteiger partial charge in [-0.3, -0.25) is 4.79 Å². The molecule has 2 N–H and O–H groups in total. The van der Waals surface area contributed by atoms with Gasteiger partial charge in [0.25, 0.3) is 5.91 Å². The van der Waals surface area contributed by atoms with Crippen LogP contribution in [-0.2, 0) is 0 Å². The molecule has 1 saturated carbocycles. The molecule has 1 aliphatic carbocycles. The Kier molecular flexibility index (Phi) is 4.81. The summed E-state index contributed by atoms with van der Waals surface area (Å²) >= 11 is 3.05. The number of nitrogens with one attached hydrogen (secondary N) is 1. The molecule has 20 heavy (non-hydrogen) atoms. The van der Waals surface area contributed by atoms with E-state index in [4.69, 9.17) is 0 Å². The third kappa shape index (κ3) is 3.79. The molecule has 0 aliphatic heterocycles. The first-order chi connectivity index (χ1) is 9.39. The Hall–Kier alpha value is -0.940. The molecule has 0 bridgehead atoms. The summed E-state index contributed by atoms with van der Waals surface area (Å²) in [6, 6.07) is 4.24. The molecule has 3 nitrogen and oxygen atoms in total. The summed E-state index contributed by atoms with van der Waals surface area (Å²) in [5.41, 5.74) is -0.561. The fourth-order valence-electron chi connectivity index (χ4n) is 2.46. The van der Waals surface area contributed by atoms with Gasteiger partial charge in [-0.05, 0) is 65.7 Å². The molecule has 0 aromatic heterocycles. The van der Waals surface area contributed by atoms with Crippen LogP contribution in [0.4, 0.5) is 4.39 Å². The van der Waals surface area contributed by atoms with Gasteiger partial charge in [-0.15, -0.1) is 0 Å². The number of hydrogen-bond donors (Lipinski definition) is 2. The van der Waals surface area contributed by atoms with E-state index < -0.39 is 11.4 Å². The highest BCUT2D eigenvalue weighted by Gasteiger charge is 2.32. The van der Waals surface area contributed by atoms with E-state index >= 15 is 0 Å². The summed E-state index contributed by atoms with van der Waals surface area (Å²) in [7, 11) is 0. The van der Waals surface area contributed by atoms with Crippen molar-refractivity contribution in [3.8, 4) is 0 Å². The predicted octanol–water partition coefficient (Wildman–Crippen LogP) is 3.26. The van der Waals surface area contributed by atoms with Crippen LogP contribution in [0.2, 0.25) is 0 Å². The molecule has 0 spiro atoms. The van der Waals surface area contributed by atoms with Gasteiger partial charge in [0.05, 0.1) is 10.1 Å². The molecular weight excluding hydrogens is 325 g/mol. The van der Waals surface area contributed by atoms with Gasteiger partial charge in [0.15, 0.2) is 0 Å². The summed E-state index contributed by atoms with van der Waals surface area (Å²) in [4.78, 5) is 12.0. The van der Waals surface area contributed by atoms with Crippen LogP contribution in [0.25, 0.3) is 0 Å². The summed E-state index contributed by atoms with van der Waals surface area (Å²) < 4.78 is 13.7. The smallest absolute Gasteiger partial charge is 0.251 e. The minimum absolute atomic E-state index is 0.218. The van der Waals surface area contributed by atoms with Crippen molar-refractivity contribution in [1.29, 1.82) is 0 Å². The zero-order chi connectivity index (χ0) is 14.8. The largest absolute Gasteiger partial charge is 0.388 e. The second-order valence-corrected chi connectivity index (χ2v) is 6.57. The van der Waals surface area contributed by atoms with Crippen molar-refractivity contribution in [1.82, 2.24) is 5.32 Å². The van der Waals surface area contributed by atoms with E-state index in [1.807, 2.05) is 0 Å². The minimum Gasteiger partial charge on any atom is -0.388 e. The molecule has 110 valence electrons. The molecule has 0 radical (unpaired) electrons. The highest BCUT2D eigenvalue weighted by atomic mass is 79.9. The van der Waals surface area contributed by atoms with E-state index in [0.717, 1.165) is 12.8 Å². The molecule has 1 aromatic carbocycles. The molecule has 5 heteroatoms. The van der Waals surface area contributed by atoms with Crippen molar-refractivity contribution in [2.75, 3.05) is 6.54 Å². The summed E-state index contributed by atoms with van der Waals surface area (Å²) in [6.45, 7) is 2.39. The van der Waals surface area contributed by atoms with Gasteiger partial charge in [0.1, 0.15) is 5.82 Å². The van der Waals surface area contributed by atoms with Crippen LogP contribution >= 0.6 is 15.9 Å². The van der Waals surface area contributed by atoms with Gasteiger partial charge in [0.2, 0.25) is 0 Å². The summed E-state index contributed by atoms with van der Waals surface area (Å²) in [6.07, 6.45) is 3.34. The van der Waals surface area contributed by atoms with Crippen molar-refractivity contribution in [2.24, 2.45) is 5.92 Å². The third-order valence-electron chi connectivity index (χ3n) is 3.96. The van der Waals surface area contributed by atoms with Crippen LogP contribution < -0.4 is 5.32 Å². The van der Waals surface area contributed by atoms with Crippen molar-refractivity contribution in [3.05, 3.63) is 34.1 Å². The van der Waals surface area contributed by atoms with Crippen LogP contribution in [0.3, 0.4) is 0 Å². The molecule has 1 aliphatic rings. The highest BCUT2D eigenvalue weighted by Crippen LogP contribution is 2.31. The Morgan fingerprint density at radius 3 is 2.75 bits per heavy atom. The molecule has 1 amide bonds. The standard InChI is InChI=1S/C15H19BrFNO2/c1-10-4-6-15(20,7-5-10)9-18-14(19)11-2-3-12(16)13(17)8-11/h2-3,8,10,20H,4-7,9H2,1H3,(H,18,19). The summed E-state index contributed by atoms with van der Waals surface area (Å²) in [5, 5.41) is 13.1. The third-order valence-corrected chi connectivity index (χ3v) is 4.61. The predicted molar refractivity (Wildman–Crippen MR) is 79.0 cm³/mol. The summed E-state index contributed by atoms with van der Waals surface area (Å²) in [5.74, 6) is -0.196. The van der Waals surface area contributed by atoms with Gasteiger partial charge in [-0.2, -0.15) is 0 Å². The van der Waals surface area contributed by atoms with Gasteiger partial charge < -0.3 is 10.4 Å². The highest BCUT2D eigenvalue weighted by molar-refractivity contribution is 9.10. The first-order valence-electron chi connectivity index (χ1n) is 6.85. The van der Waals surface area contributed by atoms with Crippen molar-refractivity contribution in [3.63, 3.8) is 0 Å². The average Bonchev–Trinajstić information content (AvgIpc) is 2.43. The normalized spacial score (nSPS) is 26.3. The van der Waals surface area contributed by atoms with E-state index in [1.54, 1.807) is 6.07 Å². The number of rotatable bonds is 3. The lowest BCUT2D eigenvalue weighted by Gasteiger charge is -2.34. The average molecular weight is 344 g/mol. The fourth-order valence-corrected chi connectivity index (χ4v) is 2.71. The van der Waals surface area contributed by atoms with Gasteiger partial charge in [0, 0.05) is 12.1 Å². The lowest BCUT2D eigenvalue weighted by molar-refractivity contribution is -0.00540. The Labute approximate surface area is 126 Å². The number of carbonyl (C=O) groups excluding carboxylic acids is 1. The quantitative estimate of drug-likeness (QED) is 0.884. The zero-order valence-electron chi connectivity index (χ0n) is 11.5. The lowest BCUT2D eigenvalue weighted by atomic mass is 9.79. The van der Waals surface area contributed by atoms with Crippen molar-refractivity contribution < 1.29 is 14.3 Å². The minimum atomic E-state index is -0.823. The van der Waals surface area contributed by atoms with E-state index in [9.17, 15) is 14.3 Å². The molecule has 0 saturated heterocycles. The zero-order valence-corrected chi connectivity index (χ0v) is 13.0. The van der Waals surface area contributed by atoms with Gasteiger partial charge in [-0.1, -0.05) is 6.92 Å². The molecule has 0 unspecified atom stereocenters. The number of benzene rings is 1. The maximum Gasteiger partial charge on any atom is 0.251 e. The van der Waals surface area contributed by atoms with Crippen molar-refractivity contribution in [2.45, 2.75) is 38.2 Å². The number of halogens is 2. The van der Waals surface area contributed by atoms with Crippen LogP contribution in [0.15, 0.2) is 22.7 Å². The van der Waals surface area contributed by atoms with E-state index in [-0.39, 0.29) is 18.0 Å². The number of carbonyl (C=O) groups is 1. The fraction of sp³-hybridized carbons (Fsp3) is 0.533. The Morgan fingerprint density at radius 1 is 1.50 bits per heavy atom. The topological polar surface area (TPSA) is 49.3 Å². The van der Waals surface area contributed by atoms with Gasteiger partial charge in [-0.25, -0.2) is 4.39 Å². The lowest BCUT2D eigenvalue weighted by Crippen LogP contribution is -2.45. The molecule has 1 aromatic rings. The maximum absolute atomic E-state index is 13.4. The van der Waals surface area contributed by atoms with Crippen LogP contribution in [0.1, 0.15) is 43.0 Å². The molecular formula is C15H19BrFNO2. The van der Waals surface area contributed by atoms with Crippen LogP contribution in [0, 0.1) is 11.7 Å². The van der Waals surface area contributed by atoms with Crippen LogP contribution in [-0.4, -0.2) is 23.2 Å². The molecule has 0 heterocycles. The molecule has 1 fully saturated rings. The van der Waals surface area contributed by atoms with Crippen molar-refractivity contribution >= 4 is 21.8 Å². The van der Waals surface area contributed by atoms with E-state index in [0.29, 0.717) is 23.2 Å². The molecule has 2 rings (SSSR count). The Balaban J connectivity index is 1.93. The van der Waals surface area contributed by atoms with E-state index in [2.05, 4.69) is 28.2 Å². The second-order valence-electron chi connectivity index (χ2n) is 5.72. The van der Waals surface area contributed by atoms with E-state index in [1.165, 1.54) is 12.1 Å². The second kappa shape index (κ2) is 6.22. The molecule has 0 atom stereocenters. The number of hydrogen-bond acceptors (Lipinski definition) is 2. The monoisotopic (exact) mass is 343 g/mol. The maximum atomic E-state index is 13.4. The van der Waals surface area contributed by atoms with Gasteiger partial charge >= 0.3 is 0 Å².